The molecule has 1 rings (SSSR count). The smallest absolute Gasteiger partial charge is 0.272 e. The quantitative estimate of drug-likeness (QED) is 0.808. The summed E-state index contributed by atoms with van der Waals surface area (Å²) in [4.78, 5) is 18.3. The molecule has 1 aromatic heterocycles. The Morgan fingerprint density at radius 1 is 1.39 bits per heavy atom. The maximum atomic E-state index is 12.3. The number of unbranched alkanes of at least 4 members (excludes halogenated alkanes) is 1. The first-order valence-electron chi connectivity index (χ1n) is 6.72. The van der Waals surface area contributed by atoms with Crippen molar-refractivity contribution in [3.8, 4) is 0 Å². The van der Waals surface area contributed by atoms with Crippen molar-refractivity contribution in [3.63, 3.8) is 0 Å². The highest BCUT2D eigenvalue weighted by atomic mass is 16.2. The molecule has 100 valence electrons. The van der Waals surface area contributed by atoms with Gasteiger partial charge in [-0.2, -0.15) is 0 Å². The highest BCUT2D eigenvalue weighted by Crippen LogP contribution is 2.10. The average molecular weight is 249 g/mol. The van der Waals surface area contributed by atoms with Gasteiger partial charge in [0.05, 0.1) is 0 Å². The van der Waals surface area contributed by atoms with Crippen LogP contribution in [0.25, 0.3) is 0 Å². The second-order valence-electron chi connectivity index (χ2n) is 4.20. The zero-order chi connectivity index (χ0) is 13.4. The summed E-state index contributed by atoms with van der Waals surface area (Å²) in [6.07, 6.45) is 3.81. The molecular formula is C14H23N3O. The predicted octanol–water partition coefficient (Wildman–Crippen LogP) is 2.78. The third-order valence-electron chi connectivity index (χ3n) is 2.81. The molecule has 0 saturated heterocycles. The maximum absolute atomic E-state index is 12.3. The summed E-state index contributed by atoms with van der Waals surface area (Å²) in [5, 5.41) is 3.19. The van der Waals surface area contributed by atoms with E-state index in [1.165, 1.54) is 0 Å². The fraction of sp³-hybridized carbons (Fsp3) is 0.571. The van der Waals surface area contributed by atoms with Gasteiger partial charge in [0.2, 0.25) is 0 Å². The summed E-state index contributed by atoms with van der Waals surface area (Å²) in [5.74, 6) is 0.0192. The summed E-state index contributed by atoms with van der Waals surface area (Å²) in [7, 11) is 0. The molecule has 0 fully saturated rings. The molecule has 0 aliphatic rings. The van der Waals surface area contributed by atoms with E-state index < -0.39 is 0 Å². The molecule has 0 saturated carbocycles. The van der Waals surface area contributed by atoms with Gasteiger partial charge in [0.15, 0.2) is 0 Å². The molecule has 4 heteroatoms. The molecule has 1 N–H and O–H groups in total. The third-order valence-corrected chi connectivity index (χ3v) is 2.81. The lowest BCUT2D eigenvalue weighted by molar-refractivity contribution is 0.0756. The fourth-order valence-electron chi connectivity index (χ4n) is 1.78. The number of pyridine rings is 1. The zero-order valence-electron chi connectivity index (χ0n) is 11.6. The van der Waals surface area contributed by atoms with Crippen LogP contribution in [0.15, 0.2) is 18.3 Å². The van der Waals surface area contributed by atoms with Gasteiger partial charge in [-0.25, -0.2) is 0 Å². The van der Waals surface area contributed by atoms with Crippen LogP contribution in [-0.4, -0.2) is 35.4 Å². The number of hydrogen-bond acceptors (Lipinski definition) is 3. The molecule has 0 radical (unpaired) electrons. The highest BCUT2D eigenvalue weighted by Gasteiger charge is 2.15. The Morgan fingerprint density at radius 3 is 2.78 bits per heavy atom. The molecule has 0 unspecified atom stereocenters. The number of carbonyl (C=O) groups excluding carboxylic acids is 1. The van der Waals surface area contributed by atoms with Gasteiger partial charge in [0.25, 0.3) is 5.91 Å². The molecule has 0 aliphatic heterocycles. The SMILES string of the molecule is CCCCN(CC)C(=O)c1cc(NCC)ccn1. The van der Waals surface area contributed by atoms with Gasteiger partial charge >= 0.3 is 0 Å². The van der Waals surface area contributed by atoms with Crippen molar-refractivity contribution in [3.05, 3.63) is 24.0 Å². The number of nitrogens with zero attached hydrogens (tertiary/aromatic N) is 2. The van der Waals surface area contributed by atoms with Crippen LogP contribution in [0.2, 0.25) is 0 Å². The van der Waals surface area contributed by atoms with Gasteiger partial charge in [0, 0.05) is 31.5 Å². The molecule has 0 aliphatic carbocycles. The van der Waals surface area contributed by atoms with Crippen molar-refractivity contribution in [1.82, 2.24) is 9.88 Å². The monoisotopic (exact) mass is 249 g/mol. The third kappa shape index (κ3) is 4.02. The van der Waals surface area contributed by atoms with Crippen molar-refractivity contribution in [1.29, 1.82) is 0 Å². The number of hydrogen-bond donors (Lipinski definition) is 1. The molecule has 1 amide bonds. The van der Waals surface area contributed by atoms with Crippen molar-refractivity contribution in [2.45, 2.75) is 33.6 Å². The standard InChI is InChI=1S/C14H23N3O/c1-4-7-10-17(6-3)14(18)13-11-12(15-5-2)8-9-16-13/h8-9,11H,4-7,10H2,1-3H3,(H,15,16). The normalized spacial score (nSPS) is 10.2. The van der Waals surface area contributed by atoms with Crippen LogP contribution in [0.1, 0.15) is 44.1 Å². The van der Waals surface area contributed by atoms with E-state index in [0.717, 1.165) is 38.2 Å². The number of nitrogens with one attached hydrogen (secondary N) is 1. The summed E-state index contributed by atoms with van der Waals surface area (Å²) in [6, 6.07) is 3.70. The summed E-state index contributed by atoms with van der Waals surface area (Å²) in [5.41, 5.74) is 1.47. The molecular weight excluding hydrogens is 226 g/mol. The second kappa shape index (κ2) is 7.69. The lowest BCUT2D eigenvalue weighted by atomic mass is 10.2. The zero-order valence-corrected chi connectivity index (χ0v) is 11.6. The topological polar surface area (TPSA) is 45.2 Å². The van der Waals surface area contributed by atoms with Crippen LogP contribution < -0.4 is 5.32 Å². The summed E-state index contributed by atoms with van der Waals surface area (Å²) in [6.45, 7) is 8.53. The lowest BCUT2D eigenvalue weighted by Crippen LogP contribution is -2.32. The van der Waals surface area contributed by atoms with Crippen molar-refractivity contribution in [2.75, 3.05) is 25.0 Å². The van der Waals surface area contributed by atoms with Crippen molar-refractivity contribution >= 4 is 11.6 Å². The van der Waals surface area contributed by atoms with Gasteiger partial charge in [-0.1, -0.05) is 13.3 Å². The number of anilines is 1. The van der Waals surface area contributed by atoms with Gasteiger partial charge in [-0.05, 0) is 32.4 Å². The Hall–Kier alpha value is -1.58. The molecule has 1 heterocycles. The van der Waals surface area contributed by atoms with Gasteiger partial charge in [-0.15, -0.1) is 0 Å². The largest absolute Gasteiger partial charge is 0.385 e. The summed E-state index contributed by atoms with van der Waals surface area (Å²) >= 11 is 0. The molecule has 0 aromatic carbocycles. The van der Waals surface area contributed by atoms with E-state index in [1.54, 1.807) is 6.20 Å². The number of aromatic nitrogens is 1. The van der Waals surface area contributed by atoms with Crippen LogP contribution in [-0.2, 0) is 0 Å². The van der Waals surface area contributed by atoms with Gasteiger partial charge < -0.3 is 10.2 Å². The van der Waals surface area contributed by atoms with E-state index in [4.69, 9.17) is 0 Å². The maximum Gasteiger partial charge on any atom is 0.272 e. The molecule has 0 spiro atoms. The van der Waals surface area contributed by atoms with E-state index in [1.807, 2.05) is 30.9 Å². The van der Waals surface area contributed by atoms with E-state index in [2.05, 4.69) is 17.2 Å². The van der Waals surface area contributed by atoms with E-state index in [9.17, 15) is 4.79 Å². The number of amides is 1. The average Bonchev–Trinajstić information content (AvgIpc) is 2.40. The van der Waals surface area contributed by atoms with Crippen LogP contribution >= 0.6 is 0 Å². The van der Waals surface area contributed by atoms with Crippen molar-refractivity contribution < 1.29 is 4.79 Å². The lowest BCUT2D eigenvalue weighted by Gasteiger charge is -2.20. The van der Waals surface area contributed by atoms with Gasteiger partial charge in [0.1, 0.15) is 5.69 Å². The van der Waals surface area contributed by atoms with Crippen LogP contribution in [0.3, 0.4) is 0 Å². The first-order valence-corrected chi connectivity index (χ1v) is 6.72. The Kier molecular flexibility index (Phi) is 6.19. The molecule has 1 aromatic rings. The van der Waals surface area contributed by atoms with Crippen LogP contribution in [0, 0.1) is 0 Å². The number of carbonyl (C=O) groups is 1. The summed E-state index contributed by atoms with van der Waals surface area (Å²) < 4.78 is 0. The minimum absolute atomic E-state index is 0.0192. The first-order chi connectivity index (χ1) is 8.72. The Labute approximate surface area is 109 Å². The molecule has 0 bridgehead atoms. The molecule has 18 heavy (non-hydrogen) atoms. The first kappa shape index (κ1) is 14.5. The minimum atomic E-state index is 0.0192. The van der Waals surface area contributed by atoms with E-state index >= 15 is 0 Å². The predicted molar refractivity (Wildman–Crippen MR) is 74.9 cm³/mol. The molecule has 4 nitrogen and oxygen atoms in total. The Bertz CT molecular complexity index is 379. The second-order valence-corrected chi connectivity index (χ2v) is 4.20. The van der Waals surface area contributed by atoms with Gasteiger partial charge in [-0.3, -0.25) is 9.78 Å². The van der Waals surface area contributed by atoms with Crippen molar-refractivity contribution in [2.24, 2.45) is 0 Å². The number of rotatable bonds is 7. The van der Waals surface area contributed by atoms with E-state index in [0.29, 0.717) is 5.69 Å². The highest BCUT2D eigenvalue weighted by molar-refractivity contribution is 5.93. The Balaban J connectivity index is 2.77. The minimum Gasteiger partial charge on any atom is -0.385 e. The Morgan fingerprint density at radius 2 is 2.17 bits per heavy atom. The van der Waals surface area contributed by atoms with Crippen LogP contribution in [0.4, 0.5) is 5.69 Å². The fourth-order valence-corrected chi connectivity index (χ4v) is 1.78. The van der Waals surface area contributed by atoms with Crippen LogP contribution in [0.5, 0.6) is 0 Å². The molecule has 0 atom stereocenters. The van der Waals surface area contributed by atoms with E-state index in [-0.39, 0.29) is 5.91 Å².